The standard InChI is InChI=1S/C90H60N4/c1-91-79-35-15-19-39-83(79)93(84-40-20-16-36-80(84)91)57-45-49-67-69(53-57)87(55-43-47-65-63-27-7-13-33-75(63)89(77(65)51-55)71-29-9-3-23-59(71)60-24-4-10-30-72(60)89)68-50-46-58(94-85-41-21-17-37-81(85)92(2)82-38-18-22-42-86(82)94)54-70(68)88(67)56-44-48-66-64-28-8-14-34-76(64)90(78(66)52-56)73-31-11-5-25-61(73)62-26-6-12-32-74(62)90/h3-21,23-41,43-54H,22,42H2,1-2H3. The average Bonchev–Trinajstić information content (AvgIpc) is 1.50. The van der Waals surface area contributed by atoms with Gasteiger partial charge in [-0.25, -0.2) is 0 Å². The van der Waals surface area contributed by atoms with Crippen molar-refractivity contribution in [3.8, 4) is 66.8 Å². The van der Waals surface area contributed by atoms with Gasteiger partial charge >= 0.3 is 0 Å². The van der Waals surface area contributed by atoms with Crippen molar-refractivity contribution in [1.82, 2.24) is 0 Å². The van der Waals surface area contributed by atoms with Gasteiger partial charge in [-0.2, -0.15) is 0 Å². The molecular weight excluding hydrogens is 1140 g/mol. The van der Waals surface area contributed by atoms with Crippen molar-refractivity contribution >= 4 is 67.0 Å². The predicted molar refractivity (Wildman–Crippen MR) is 390 cm³/mol. The minimum Gasteiger partial charge on any atom is -0.341 e. The molecule has 21 rings (SSSR count). The SMILES string of the molecule is CN1C2=C(CCC=C2)N(c2ccc3c(-c4ccc5c(c4)C4(c6ccccc6-c6ccccc64)c4ccccc4-5)c4cc(N5c6ccccc6N(C)c6ccccc65)ccc4c(-c4ccc5c(c4)C4(c6ccccc6-c6ccccc64)c4ccccc4-5)c3c2)c2ccccc21. The van der Waals surface area contributed by atoms with Gasteiger partial charge in [-0.05, 0) is 225 Å². The normalized spacial score (nSPS) is 15.5. The van der Waals surface area contributed by atoms with E-state index in [-0.39, 0.29) is 0 Å². The summed E-state index contributed by atoms with van der Waals surface area (Å²) < 4.78 is 0. The highest BCUT2D eigenvalue weighted by Gasteiger charge is 2.53. The van der Waals surface area contributed by atoms with Gasteiger partial charge in [-0.3, -0.25) is 0 Å². The molecule has 0 N–H and O–H groups in total. The fourth-order valence-corrected chi connectivity index (χ4v) is 18.7. The van der Waals surface area contributed by atoms with Crippen LogP contribution in [-0.4, -0.2) is 14.1 Å². The van der Waals surface area contributed by atoms with Crippen LogP contribution in [0.4, 0.5) is 45.5 Å². The molecule has 0 unspecified atom stereocenters. The lowest BCUT2D eigenvalue weighted by Gasteiger charge is -2.41. The van der Waals surface area contributed by atoms with Gasteiger partial charge in [-0.1, -0.05) is 224 Å². The van der Waals surface area contributed by atoms with E-state index < -0.39 is 10.8 Å². The predicted octanol–water partition coefficient (Wildman–Crippen LogP) is 22.7. The van der Waals surface area contributed by atoms with Gasteiger partial charge in [0.15, 0.2) is 0 Å². The molecular formula is C90H60N4. The first-order valence-corrected chi connectivity index (χ1v) is 33.2. The molecule has 0 bridgehead atoms. The Hall–Kier alpha value is -11.7. The van der Waals surface area contributed by atoms with Crippen molar-refractivity contribution in [2.24, 2.45) is 0 Å². The molecule has 14 aromatic carbocycles. The molecule has 2 heterocycles. The van der Waals surface area contributed by atoms with Crippen molar-refractivity contribution < 1.29 is 0 Å². The fourth-order valence-electron chi connectivity index (χ4n) is 18.7. The Morgan fingerprint density at radius 2 is 0.606 bits per heavy atom. The molecule has 2 aliphatic heterocycles. The highest BCUT2D eigenvalue weighted by atomic mass is 15.3. The summed E-state index contributed by atoms with van der Waals surface area (Å²) in [5.41, 5.74) is 36.6. The molecule has 4 heteroatoms. The summed E-state index contributed by atoms with van der Waals surface area (Å²) in [5.74, 6) is 0. The van der Waals surface area contributed by atoms with E-state index in [1.54, 1.807) is 0 Å². The second-order valence-electron chi connectivity index (χ2n) is 26.5. The first-order valence-electron chi connectivity index (χ1n) is 33.2. The minimum absolute atomic E-state index is 0.530. The van der Waals surface area contributed by atoms with Crippen LogP contribution in [0.15, 0.2) is 315 Å². The van der Waals surface area contributed by atoms with E-state index in [2.05, 4.69) is 337 Å². The maximum Gasteiger partial charge on any atom is 0.0725 e. The van der Waals surface area contributed by atoms with E-state index in [4.69, 9.17) is 0 Å². The summed E-state index contributed by atoms with van der Waals surface area (Å²) in [6, 6.07) is 112. The van der Waals surface area contributed by atoms with E-state index >= 15 is 0 Å². The van der Waals surface area contributed by atoms with Crippen molar-refractivity contribution in [3.05, 3.63) is 359 Å². The lowest BCUT2D eigenvalue weighted by Crippen LogP contribution is -2.32. The van der Waals surface area contributed by atoms with E-state index in [9.17, 15) is 0 Å². The van der Waals surface area contributed by atoms with Crippen LogP contribution in [0.1, 0.15) is 57.3 Å². The van der Waals surface area contributed by atoms with E-state index in [0.717, 1.165) is 47.0 Å². The molecule has 0 saturated carbocycles. The van der Waals surface area contributed by atoms with Crippen LogP contribution in [0, 0.1) is 0 Å². The maximum absolute atomic E-state index is 2.61. The van der Waals surface area contributed by atoms with Crippen LogP contribution >= 0.6 is 0 Å². The zero-order valence-corrected chi connectivity index (χ0v) is 52.1. The Kier molecular flexibility index (Phi) is 10.5. The number of allylic oxidation sites excluding steroid dienone is 3. The number of hydrogen-bond acceptors (Lipinski definition) is 4. The van der Waals surface area contributed by atoms with Gasteiger partial charge in [0, 0.05) is 31.2 Å². The lowest BCUT2D eigenvalue weighted by atomic mass is 9.70. The largest absolute Gasteiger partial charge is 0.341 e. The van der Waals surface area contributed by atoms with Crippen LogP contribution in [0.25, 0.3) is 88.3 Å². The highest BCUT2D eigenvalue weighted by Crippen LogP contribution is 2.66. The second kappa shape index (κ2) is 18.9. The zero-order chi connectivity index (χ0) is 61.7. The van der Waals surface area contributed by atoms with E-state index in [1.165, 1.54) is 156 Å². The third-order valence-corrected chi connectivity index (χ3v) is 22.4. The van der Waals surface area contributed by atoms with E-state index in [0.29, 0.717) is 0 Å². The molecule has 4 nitrogen and oxygen atoms in total. The van der Waals surface area contributed by atoms with Crippen LogP contribution < -0.4 is 19.6 Å². The van der Waals surface area contributed by atoms with Gasteiger partial charge in [0.25, 0.3) is 0 Å². The Morgan fingerprint density at radius 1 is 0.277 bits per heavy atom. The molecule has 440 valence electrons. The van der Waals surface area contributed by atoms with E-state index in [1.807, 2.05) is 0 Å². The number of rotatable bonds is 4. The Balaban J connectivity index is 0.902. The van der Waals surface area contributed by atoms with Crippen LogP contribution in [0.2, 0.25) is 0 Å². The monoisotopic (exact) mass is 1200 g/mol. The number of benzene rings is 14. The Labute approximate surface area is 547 Å². The fraction of sp³-hybridized carbons (Fsp3) is 0.0667. The van der Waals surface area contributed by atoms with Crippen molar-refractivity contribution in [2.45, 2.75) is 23.7 Å². The van der Waals surface area contributed by atoms with Crippen LogP contribution in [-0.2, 0) is 10.8 Å². The van der Waals surface area contributed by atoms with Gasteiger partial charge in [0.05, 0.1) is 50.7 Å². The van der Waals surface area contributed by atoms with Crippen molar-refractivity contribution in [3.63, 3.8) is 0 Å². The van der Waals surface area contributed by atoms with Crippen molar-refractivity contribution in [2.75, 3.05) is 33.7 Å². The summed E-state index contributed by atoms with van der Waals surface area (Å²) in [4.78, 5) is 9.82. The number of nitrogens with zero attached hydrogens (tertiary/aromatic N) is 4. The smallest absolute Gasteiger partial charge is 0.0725 e. The number of anilines is 8. The molecule has 0 saturated heterocycles. The first kappa shape index (κ1) is 52.0. The third kappa shape index (κ3) is 6.52. The van der Waals surface area contributed by atoms with Crippen molar-refractivity contribution in [1.29, 1.82) is 0 Å². The second-order valence-corrected chi connectivity index (χ2v) is 26.5. The quantitative estimate of drug-likeness (QED) is 0.163. The number of para-hydroxylation sites is 6. The summed E-state index contributed by atoms with van der Waals surface area (Å²) in [5, 5.41) is 4.81. The topological polar surface area (TPSA) is 13.0 Å². The molecule has 0 atom stereocenters. The summed E-state index contributed by atoms with van der Waals surface area (Å²) in [6.07, 6.45) is 6.59. The van der Waals surface area contributed by atoms with Gasteiger partial charge < -0.3 is 19.6 Å². The maximum atomic E-state index is 2.61. The van der Waals surface area contributed by atoms with Crippen LogP contribution in [0.3, 0.4) is 0 Å². The minimum atomic E-state index is -0.531. The van der Waals surface area contributed by atoms with Gasteiger partial charge in [-0.15, -0.1) is 0 Å². The molecule has 2 spiro atoms. The Morgan fingerprint density at radius 3 is 1.01 bits per heavy atom. The molecule has 14 aromatic rings. The van der Waals surface area contributed by atoms with Crippen LogP contribution in [0.5, 0.6) is 0 Å². The number of hydrogen-bond donors (Lipinski definition) is 0. The molecule has 0 aromatic heterocycles. The third-order valence-electron chi connectivity index (χ3n) is 22.4. The molecule has 0 amide bonds. The molecule has 7 aliphatic rings. The molecule has 5 aliphatic carbocycles. The van der Waals surface area contributed by atoms with Gasteiger partial charge in [0.2, 0.25) is 0 Å². The van der Waals surface area contributed by atoms with Gasteiger partial charge in [0.1, 0.15) is 0 Å². The highest BCUT2D eigenvalue weighted by molar-refractivity contribution is 6.23. The summed E-state index contributed by atoms with van der Waals surface area (Å²) in [6.45, 7) is 0. The Bertz CT molecular complexity index is 5610. The first-order chi connectivity index (χ1) is 46.5. The number of fused-ring (bicyclic) bond motifs is 25. The number of likely N-dealkylation sites (N-methyl/N-ethyl adjacent to an activating group) is 1. The molecule has 0 fully saturated rings. The lowest BCUT2D eigenvalue weighted by molar-refractivity contribution is 0.794. The average molecular weight is 1200 g/mol. The zero-order valence-electron chi connectivity index (χ0n) is 52.1. The summed E-state index contributed by atoms with van der Waals surface area (Å²) in [7, 11) is 4.43. The summed E-state index contributed by atoms with van der Waals surface area (Å²) >= 11 is 0. The molecule has 94 heavy (non-hydrogen) atoms. The molecule has 0 radical (unpaired) electrons.